The molecule has 2 aromatic rings. The number of carbonyl (C=O) groups is 1. The van der Waals surface area contributed by atoms with Crippen molar-refractivity contribution in [2.75, 3.05) is 0 Å². The molecule has 5 heteroatoms. The third-order valence-corrected chi connectivity index (χ3v) is 3.94. The Hall–Kier alpha value is -2.30. The normalized spacial score (nSPS) is 15.4. The lowest BCUT2D eigenvalue weighted by Gasteiger charge is -2.30. The maximum atomic E-state index is 14.0. The largest absolute Gasteiger partial charge is 0.467 e. The van der Waals surface area contributed by atoms with Gasteiger partial charge in [-0.15, -0.1) is 0 Å². The first kappa shape index (κ1) is 14.6. The van der Waals surface area contributed by atoms with Crippen LogP contribution >= 0.6 is 0 Å². The second-order valence-corrected chi connectivity index (χ2v) is 5.57. The van der Waals surface area contributed by atoms with Crippen LogP contribution in [0.5, 0.6) is 0 Å². The smallest absolute Gasteiger partial charge is 0.318 e. The zero-order valence-electron chi connectivity index (χ0n) is 12.5. The van der Waals surface area contributed by atoms with Crippen molar-refractivity contribution in [2.45, 2.75) is 38.4 Å². The first-order chi connectivity index (χ1) is 10.7. The molecular formula is C17H19FN2O2. The molecule has 3 rings (SSSR count). The molecule has 1 aromatic carbocycles. The van der Waals surface area contributed by atoms with Crippen LogP contribution < -0.4 is 5.32 Å². The fourth-order valence-electron chi connectivity index (χ4n) is 2.64. The standard InChI is InChI=1S/C17H19FN2O2/c1-12(15-6-2-3-7-16(15)18)20(13-8-9-13)17(21)19-11-14-5-4-10-22-14/h2-7,10,12-13H,8-9,11H2,1H3,(H,19,21). The molecule has 0 bridgehead atoms. The van der Waals surface area contributed by atoms with Crippen molar-refractivity contribution in [3.8, 4) is 0 Å². The van der Waals surface area contributed by atoms with Crippen LogP contribution in [0, 0.1) is 5.82 Å². The molecule has 0 spiro atoms. The number of benzene rings is 1. The first-order valence-corrected chi connectivity index (χ1v) is 7.50. The molecule has 1 heterocycles. The highest BCUT2D eigenvalue weighted by molar-refractivity contribution is 5.75. The molecule has 1 N–H and O–H groups in total. The Morgan fingerprint density at radius 3 is 2.77 bits per heavy atom. The van der Waals surface area contributed by atoms with Crippen LogP contribution in [0.4, 0.5) is 9.18 Å². The molecule has 1 aliphatic rings. The van der Waals surface area contributed by atoms with Gasteiger partial charge < -0.3 is 14.6 Å². The van der Waals surface area contributed by atoms with E-state index >= 15 is 0 Å². The first-order valence-electron chi connectivity index (χ1n) is 7.50. The Labute approximate surface area is 128 Å². The fourth-order valence-corrected chi connectivity index (χ4v) is 2.64. The van der Waals surface area contributed by atoms with Crippen molar-refractivity contribution in [1.29, 1.82) is 0 Å². The number of halogens is 1. The number of urea groups is 1. The number of furan rings is 1. The predicted molar refractivity (Wildman–Crippen MR) is 80.6 cm³/mol. The van der Waals surface area contributed by atoms with Gasteiger partial charge in [0.05, 0.1) is 18.8 Å². The van der Waals surface area contributed by atoms with Crippen molar-refractivity contribution < 1.29 is 13.6 Å². The van der Waals surface area contributed by atoms with Crippen LogP contribution in [0.3, 0.4) is 0 Å². The monoisotopic (exact) mass is 302 g/mol. The van der Waals surface area contributed by atoms with Crippen LogP contribution in [0.2, 0.25) is 0 Å². The van der Waals surface area contributed by atoms with Crippen LogP contribution in [-0.2, 0) is 6.54 Å². The predicted octanol–water partition coefficient (Wildman–Crippen LogP) is 3.85. The molecule has 4 nitrogen and oxygen atoms in total. The maximum absolute atomic E-state index is 14.0. The highest BCUT2D eigenvalue weighted by Gasteiger charge is 2.37. The number of hydrogen-bond donors (Lipinski definition) is 1. The highest BCUT2D eigenvalue weighted by atomic mass is 19.1. The van der Waals surface area contributed by atoms with E-state index in [9.17, 15) is 9.18 Å². The van der Waals surface area contributed by atoms with E-state index in [-0.39, 0.29) is 23.9 Å². The molecule has 116 valence electrons. The number of carbonyl (C=O) groups excluding carboxylic acids is 1. The lowest BCUT2D eigenvalue weighted by atomic mass is 10.1. The second-order valence-electron chi connectivity index (χ2n) is 5.57. The van der Waals surface area contributed by atoms with Crippen molar-refractivity contribution in [3.63, 3.8) is 0 Å². The Bertz CT molecular complexity index is 638. The number of hydrogen-bond acceptors (Lipinski definition) is 2. The molecule has 1 aliphatic carbocycles. The zero-order valence-corrected chi connectivity index (χ0v) is 12.5. The molecule has 0 saturated heterocycles. The summed E-state index contributed by atoms with van der Waals surface area (Å²) in [4.78, 5) is 14.2. The van der Waals surface area contributed by atoms with E-state index in [0.717, 1.165) is 12.8 Å². The van der Waals surface area contributed by atoms with Crippen molar-refractivity contribution in [3.05, 3.63) is 59.8 Å². The number of nitrogens with zero attached hydrogens (tertiary/aromatic N) is 1. The maximum Gasteiger partial charge on any atom is 0.318 e. The van der Waals surface area contributed by atoms with Gasteiger partial charge >= 0.3 is 6.03 Å². The van der Waals surface area contributed by atoms with Gasteiger partial charge in [-0.2, -0.15) is 0 Å². The Kier molecular flexibility index (Phi) is 4.13. The fraction of sp³-hybridized carbons (Fsp3) is 0.353. The lowest BCUT2D eigenvalue weighted by Crippen LogP contribution is -2.42. The zero-order chi connectivity index (χ0) is 15.5. The Morgan fingerprint density at radius 2 is 2.14 bits per heavy atom. The summed E-state index contributed by atoms with van der Waals surface area (Å²) < 4.78 is 19.2. The summed E-state index contributed by atoms with van der Waals surface area (Å²) in [6, 6.07) is 9.90. The van der Waals surface area contributed by atoms with Gasteiger partial charge in [-0.1, -0.05) is 18.2 Å². The van der Waals surface area contributed by atoms with Gasteiger partial charge in [-0.05, 0) is 38.0 Å². The van der Waals surface area contributed by atoms with E-state index in [1.165, 1.54) is 6.07 Å². The average Bonchev–Trinajstić information content (AvgIpc) is 3.20. The topological polar surface area (TPSA) is 45.5 Å². The molecule has 2 amide bonds. The van der Waals surface area contributed by atoms with Crippen molar-refractivity contribution >= 4 is 6.03 Å². The van der Waals surface area contributed by atoms with Crippen LogP contribution in [0.1, 0.15) is 37.1 Å². The van der Waals surface area contributed by atoms with Gasteiger partial charge in [-0.3, -0.25) is 0 Å². The van der Waals surface area contributed by atoms with Gasteiger partial charge in [0.15, 0.2) is 0 Å². The van der Waals surface area contributed by atoms with E-state index in [0.29, 0.717) is 17.9 Å². The second kappa shape index (κ2) is 6.22. The van der Waals surface area contributed by atoms with Gasteiger partial charge in [0, 0.05) is 11.6 Å². The minimum absolute atomic E-state index is 0.186. The average molecular weight is 302 g/mol. The molecule has 0 radical (unpaired) electrons. The molecular weight excluding hydrogens is 283 g/mol. The van der Waals surface area contributed by atoms with Gasteiger partial charge in [-0.25, -0.2) is 9.18 Å². The minimum Gasteiger partial charge on any atom is -0.467 e. The summed E-state index contributed by atoms with van der Waals surface area (Å²) in [6.45, 7) is 2.20. The quantitative estimate of drug-likeness (QED) is 0.911. The molecule has 1 aromatic heterocycles. The summed E-state index contributed by atoms with van der Waals surface area (Å²) >= 11 is 0. The van der Waals surface area contributed by atoms with Crippen molar-refractivity contribution in [1.82, 2.24) is 10.2 Å². The van der Waals surface area contributed by atoms with Crippen molar-refractivity contribution in [2.24, 2.45) is 0 Å². The summed E-state index contributed by atoms with van der Waals surface area (Å²) in [5.41, 5.74) is 0.544. The minimum atomic E-state index is -0.301. The molecule has 1 saturated carbocycles. The third-order valence-electron chi connectivity index (χ3n) is 3.94. The Balaban J connectivity index is 1.72. The molecule has 1 atom stereocenters. The lowest BCUT2D eigenvalue weighted by molar-refractivity contribution is 0.172. The van der Waals surface area contributed by atoms with Crippen LogP contribution in [0.15, 0.2) is 47.1 Å². The molecule has 22 heavy (non-hydrogen) atoms. The van der Waals surface area contributed by atoms with E-state index in [1.807, 2.05) is 13.0 Å². The summed E-state index contributed by atoms with van der Waals surface area (Å²) in [5, 5.41) is 2.85. The van der Waals surface area contributed by atoms with Crippen LogP contribution in [-0.4, -0.2) is 17.0 Å². The van der Waals surface area contributed by atoms with E-state index in [2.05, 4.69) is 5.32 Å². The molecule has 1 fully saturated rings. The van der Waals surface area contributed by atoms with E-state index in [1.54, 1.807) is 35.4 Å². The number of rotatable bonds is 5. The number of amides is 2. The summed E-state index contributed by atoms with van der Waals surface area (Å²) in [6.07, 6.45) is 3.50. The SMILES string of the molecule is CC(c1ccccc1F)N(C(=O)NCc1ccco1)C1CC1. The van der Waals surface area contributed by atoms with Gasteiger partial charge in [0.2, 0.25) is 0 Å². The van der Waals surface area contributed by atoms with Crippen LogP contribution in [0.25, 0.3) is 0 Å². The number of nitrogens with one attached hydrogen (secondary N) is 1. The summed E-state index contributed by atoms with van der Waals surface area (Å²) in [5.74, 6) is 0.419. The van der Waals surface area contributed by atoms with E-state index < -0.39 is 0 Å². The molecule has 0 aliphatic heterocycles. The van der Waals surface area contributed by atoms with E-state index in [4.69, 9.17) is 4.42 Å². The summed E-state index contributed by atoms with van der Waals surface area (Å²) in [7, 11) is 0. The van der Waals surface area contributed by atoms with Gasteiger partial charge in [0.25, 0.3) is 0 Å². The highest BCUT2D eigenvalue weighted by Crippen LogP contribution is 2.35. The molecule has 1 unspecified atom stereocenters. The third kappa shape index (κ3) is 3.13. The van der Waals surface area contributed by atoms with Gasteiger partial charge in [0.1, 0.15) is 11.6 Å². The Morgan fingerprint density at radius 1 is 1.36 bits per heavy atom.